The fourth-order valence-corrected chi connectivity index (χ4v) is 1.33. The largest absolute Gasteiger partial charge is 0.462 e. The average molecular weight is 190 g/mol. The maximum Gasteiger partial charge on any atom is 0.340 e. The van der Waals surface area contributed by atoms with Crippen LogP contribution < -0.4 is 0 Å². The SMILES string of the molecule is CCOC(=O)c1cccn2cncc12. The standard InChI is InChI=1S/C10H10N2O2/c1-2-14-10(13)8-4-3-5-12-7-11-6-9(8)12/h3-7H,2H2,1H3. The molecule has 0 atom stereocenters. The first kappa shape index (κ1) is 8.74. The Morgan fingerprint density at radius 3 is 3.29 bits per heavy atom. The van der Waals surface area contributed by atoms with Crippen LogP contribution in [-0.2, 0) is 4.74 Å². The zero-order valence-electron chi connectivity index (χ0n) is 7.80. The number of carbonyl (C=O) groups is 1. The van der Waals surface area contributed by atoms with Gasteiger partial charge in [0.15, 0.2) is 0 Å². The molecule has 14 heavy (non-hydrogen) atoms. The first-order valence-corrected chi connectivity index (χ1v) is 4.40. The number of nitrogens with zero attached hydrogens (tertiary/aromatic N) is 2. The van der Waals surface area contributed by atoms with Gasteiger partial charge in [-0.05, 0) is 19.1 Å². The van der Waals surface area contributed by atoms with Crippen molar-refractivity contribution in [1.82, 2.24) is 9.38 Å². The molecule has 0 aliphatic carbocycles. The average Bonchev–Trinajstić information content (AvgIpc) is 2.65. The highest BCUT2D eigenvalue weighted by Gasteiger charge is 2.10. The van der Waals surface area contributed by atoms with Crippen LogP contribution in [0.4, 0.5) is 0 Å². The molecule has 0 unspecified atom stereocenters. The van der Waals surface area contributed by atoms with Crippen LogP contribution in [-0.4, -0.2) is 22.0 Å². The number of imidazole rings is 1. The van der Waals surface area contributed by atoms with Crippen LogP contribution in [0.25, 0.3) is 5.52 Å². The van der Waals surface area contributed by atoms with Crippen LogP contribution in [0.2, 0.25) is 0 Å². The van der Waals surface area contributed by atoms with E-state index in [2.05, 4.69) is 4.98 Å². The Morgan fingerprint density at radius 2 is 2.50 bits per heavy atom. The molecule has 2 heterocycles. The lowest BCUT2D eigenvalue weighted by atomic mass is 10.2. The lowest BCUT2D eigenvalue weighted by Gasteiger charge is -2.02. The normalized spacial score (nSPS) is 10.4. The second kappa shape index (κ2) is 3.49. The quantitative estimate of drug-likeness (QED) is 0.674. The molecule has 0 fully saturated rings. The zero-order chi connectivity index (χ0) is 9.97. The van der Waals surface area contributed by atoms with E-state index in [1.165, 1.54) is 0 Å². The molecule has 0 radical (unpaired) electrons. The molecule has 0 spiro atoms. The number of ether oxygens (including phenoxy) is 1. The highest BCUT2D eigenvalue weighted by Crippen LogP contribution is 2.10. The van der Waals surface area contributed by atoms with E-state index in [0.717, 1.165) is 5.52 Å². The Balaban J connectivity index is 2.50. The van der Waals surface area contributed by atoms with Crippen LogP contribution in [0.15, 0.2) is 30.9 Å². The molecule has 0 N–H and O–H groups in total. The van der Waals surface area contributed by atoms with Gasteiger partial charge >= 0.3 is 5.97 Å². The molecule has 72 valence electrons. The van der Waals surface area contributed by atoms with E-state index < -0.39 is 0 Å². The minimum absolute atomic E-state index is 0.307. The topological polar surface area (TPSA) is 43.6 Å². The van der Waals surface area contributed by atoms with Gasteiger partial charge in [-0.25, -0.2) is 9.78 Å². The first-order chi connectivity index (χ1) is 6.83. The minimum atomic E-state index is -0.307. The van der Waals surface area contributed by atoms with E-state index in [9.17, 15) is 4.79 Å². The molecule has 0 saturated carbocycles. The summed E-state index contributed by atoms with van der Waals surface area (Å²) in [7, 11) is 0. The zero-order valence-corrected chi connectivity index (χ0v) is 7.80. The van der Waals surface area contributed by atoms with Crippen LogP contribution in [0, 0.1) is 0 Å². The summed E-state index contributed by atoms with van der Waals surface area (Å²) in [6.45, 7) is 2.17. The summed E-state index contributed by atoms with van der Waals surface area (Å²) in [6.07, 6.45) is 5.13. The molecule has 0 aromatic carbocycles. The van der Waals surface area contributed by atoms with Gasteiger partial charge in [-0.15, -0.1) is 0 Å². The third-order valence-electron chi connectivity index (χ3n) is 1.95. The lowest BCUT2D eigenvalue weighted by molar-refractivity contribution is 0.0528. The highest BCUT2D eigenvalue weighted by atomic mass is 16.5. The molecule has 2 aromatic heterocycles. The van der Waals surface area contributed by atoms with Crippen LogP contribution in [0.5, 0.6) is 0 Å². The number of rotatable bonds is 2. The fourth-order valence-electron chi connectivity index (χ4n) is 1.33. The number of esters is 1. The van der Waals surface area contributed by atoms with E-state index in [1.807, 2.05) is 6.20 Å². The Labute approximate surface area is 81.1 Å². The second-order valence-corrected chi connectivity index (χ2v) is 2.83. The maximum atomic E-state index is 11.5. The van der Waals surface area contributed by atoms with Crippen LogP contribution in [0.1, 0.15) is 17.3 Å². The summed E-state index contributed by atoms with van der Waals surface area (Å²) < 4.78 is 6.71. The number of aromatic nitrogens is 2. The summed E-state index contributed by atoms with van der Waals surface area (Å²) in [4.78, 5) is 15.5. The second-order valence-electron chi connectivity index (χ2n) is 2.83. The van der Waals surface area contributed by atoms with Crippen molar-refractivity contribution in [3.63, 3.8) is 0 Å². The van der Waals surface area contributed by atoms with Gasteiger partial charge in [-0.1, -0.05) is 0 Å². The molecule has 4 heteroatoms. The first-order valence-electron chi connectivity index (χ1n) is 4.40. The smallest absolute Gasteiger partial charge is 0.340 e. The summed E-state index contributed by atoms with van der Waals surface area (Å²) in [5.41, 5.74) is 1.32. The van der Waals surface area contributed by atoms with E-state index in [4.69, 9.17) is 4.74 Å². The van der Waals surface area contributed by atoms with Crippen LogP contribution in [0.3, 0.4) is 0 Å². The van der Waals surface area contributed by atoms with Gasteiger partial charge in [0.05, 0.1) is 30.2 Å². The van der Waals surface area contributed by atoms with Crippen molar-refractivity contribution < 1.29 is 9.53 Å². The number of hydrogen-bond donors (Lipinski definition) is 0. The predicted molar refractivity (Wildman–Crippen MR) is 51.1 cm³/mol. The van der Waals surface area contributed by atoms with Crippen molar-refractivity contribution in [1.29, 1.82) is 0 Å². The summed E-state index contributed by atoms with van der Waals surface area (Å²) in [5.74, 6) is -0.307. The fraction of sp³-hybridized carbons (Fsp3) is 0.200. The van der Waals surface area contributed by atoms with Crippen molar-refractivity contribution in [3.05, 3.63) is 36.4 Å². The highest BCUT2D eigenvalue weighted by molar-refractivity contribution is 5.96. The van der Waals surface area contributed by atoms with E-state index in [1.54, 1.807) is 36.0 Å². The van der Waals surface area contributed by atoms with Crippen LogP contribution >= 0.6 is 0 Å². The summed E-state index contributed by atoms with van der Waals surface area (Å²) >= 11 is 0. The molecule has 0 saturated heterocycles. The molecule has 0 bridgehead atoms. The van der Waals surface area contributed by atoms with Gasteiger partial charge in [0, 0.05) is 6.20 Å². The number of hydrogen-bond acceptors (Lipinski definition) is 3. The molecule has 0 amide bonds. The van der Waals surface area contributed by atoms with Gasteiger partial charge in [0.1, 0.15) is 0 Å². The van der Waals surface area contributed by atoms with Gasteiger partial charge in [0.25, 0.3) is 0 Å². The molecular formula is C10H10N2O2. The molecule has 2 aromatic rings. The van der Waals surface area contributed by atoms with Gasteiger partial charge in [-0.2, -0.15) is 0 Å². The Hall–Kier alpha value is -1.84. The van der Waals surface area contributed by atoms with Gasteiger partial charge in [-0.3, -0.25) is 0 Å². The van der Waals surface area contributed by atoms with Crippen molar-refractivity contribution in [3.8, 4) is 0 Å². The number of fused-ring (bicyclic) bond motifs is 1. The third-order valence-corrected chi connectivity index (χ3v) is 1.95. The number of carbonyl (C=O) groups excluding carboxylic acids is 1. The van der Waals surface area contributed by atoms with Crippen molar-refractivity contribution in [2.45, 2.75) is 6.92 Å². The molecule has 4 nitrogen and oxygen atoms in total. The minimum Gasteiger partial charge on any atom is -0.462 e. The molecule has 2 rings (SSSR count). The van der Waals surface area contributed by atoms with Gasteiger partial charge < -0.3 is 9.14 Å². The monoisotopic (exact) mass is 190 g/mol. The molecule has 0 aliphatic heterocycles. The summed E-state index contributed by atoms with van der Waals surface area (Å²) in [5, 5.41) is 0. The third kappa shape index (κ3) is 1.35. The van der Waals surface area contributed by atoms with Gasteiger partial charge in [0.2, 0.25) is 0 Å². The van der Waals surface area contributed by atoms with Crippen molar-refractivity contribution >= 4 is 11.5 Å². The Bertz CT molecular complexity index is 462. The predicted octanol–water partition coefficient (Wildman–Crippen LogP) is 1.51. The van der Waals surface area contributed by atoms with E-state index in [-0.39, 0.29) is 5.97 Å². The van der Waals surface area contributed by atoms with E-state index in [0.29, 0.717) is 12.2 Å². The van der Waals surface area contributed by atoms with Crippen molar-refractivity contribution in [2.24, 2.45) is 0 Å². The molecule has 0 aliphatic rings. The number of pyridine rings is 1. The lowest BCUT2D eigenvalue weighted by Crippen LogP contribution is -2.05. The van der Waals surface area contributed by atoms with E-state index >= 15 is 0 Å². The van der Waals surface area contributed by atoms with Crippen molar-refractivity contribution in [2.75, 3.05) is 6.61 Å². The Kier molecular flexibility index (Phi) is 2.18. The maximum absolute atomic E-state index is 11.5. The molecular weight excluding hydrogens is 180 g/mol. The summed E-state index contributed by atoms with van der Waals surface area (Å²) in [6, 6.07) is 3.52. The Morgan fingerprint density at radius 1 is 1.64 bits per heavy atom.